The second-order valence-electron chi connectivity index (χ2n) is 5.67. The molecule has 4 nitrogen and oxygen atoms in total. The minimum Gasteiger partial charge on any atom is -0.370 e. The molecule has 116 valence electrons. The van der Waals surface area contributed by atoms with Crippen molar-refractivity contribution in [2.45, 2.75) is 52.4 Å². The number of hydrogen-bond donors (Lipinski definition) is 2. The van der Waals surface area contributed by atoms with E-state index in [0.29, 0.717) is 5.96 Å². The molecule has 0 radical (unpaired) electrons. The molecule has 0 aliphatic carbocycles. The number of nitrogens with one attached hydrogen (secondary N) is 1. The van der Waals surface area contributed by atoms with Gasteiger partial charge in [0.15, 0.2) is 5.96 Å². The number of nitrogens with zero attached hydrogens (tertiary/aromatic N) is 2. The first-order chi connectivity index (χ1) is 8.93. The van der Waals surface area contributed by atoms with E-state index in [2.05, 4.69) is 48.4 Å². The van der Waals surface area contributed by atoms with Gasteiger partial charge in [-0.3, -0.25) is 4.99 Å². The Kier molecular flexibility index (Phi) is 9.37. The summed E-state index contributed by atoms with van der Waals surface area (Å²) in [5.74, 6) is 0.543. The van der Waals surface area contributed by atoms with Gasteiger partial charge in [-0.2, -0.15) is 0 Å². The fraction of sp³-hybridized carbons (Fsp3) is 0.714. The molecular weight excluding hydrogens is 383 g/mol. The van der Waals surface area contributed by atoms with Crippen LogP contribution in [0.2, 0.25) is 0 Å². The van der Waals surface area contributed by atoms with Crippen molar-refractivity contribution < 1.29 is 0 Å². The summed E-state index contributed by atoms with van der Waals surface area (Å²) >= 11 is 1.72. The highest BCUT2D eigenvalue weighted by Crippen LogP contribution is 2.23. The number of hydrogen-bond acceptors (Lipinski definition) is 3. The summed E-state index contributed by atoms with van der Waals surface area (Å²) in [6.45, 7) is 10.3. The Labute approximate surface area is 143 Å². The van der Waals surface area contributed by atoms with Crippen molar-refractivity contribution in [2.75, 3.05) is 13.1 Å². The standard InChI is InChI=1S/C14H26N4S.HI/c1-5-6-8-16-13(15)17-9-7-12-18-11(10-19-12)14(2,3)4;/h10H,5-9H2,1-4H3,(H3,15,16,17);1H. The molecular formula is C14H27IN4S. The first-order valence-electron chi connectivity index (χ1n) is 6.92. The Morgan fingerprint density at radius 3 is 2.70 bits per heavy atom. The zero-order valence-electron chi connectivity index (χ0n) is 12.9. The molecule has 0 fully saturated rings. The smallest absolute Gasteiger partial charge is 0.188 e. The second kappa shape index (κ2) is 9.55. The number of unbranched alkanes of at least 4 members (excludes halogenated alkanes) is 1. The highest BCUT2D eigenvalue weighted by Gasteiger charge is 2.17. The largest absolute Gasteiger partial charge is 0.370 e. The van der Waals surface area contributed by atoms with Gasteiger partial charge in [0.25, 0.3) is 0 Å². The van der Waals surface area contributed by atoms with E-state index in [4.69, 9.17) is 5.73 Å². The van der Waals surface area contributed by atoms with Crippen LogP contribution in [-0.2, 0) is 11.8 Å². The van der Waals surface area contributed by atoms with E-state index >= 15 is 0 Å². The lowest BCUT2D eigenvalue weighted by Crippen LogP contribution is -2.33. The topological polar surface area (TPSA) is 63.3 Å². The van der Waals surface area contributed by atoms with E-state index in [1.54, 1.807) is 11.3 Å². The zero-order chi connectivity index (χ0) is 14.3. The number of guanidine groups is 1. The molecule has 0 bridgehead atoms. The zero-order valence-corrected chi connectivity index (χ0v) is 16.0. The van der Waals surface area contributed by atoms with Crippen molar-refractivity contribution in [2.24, 2.45) is 10.7 Å². The molecule has 3 N–H and O–H groups in total. The van der Waals surface area contributed by atoms with Crippen LogP contribution >= 0.6 is 35.3 Å². The number of aromatic nitrogens is 1. The Balaban J connectivity index is 0.00000361. The maximum absolute atomic E-state index is 5.77. The molecule has 0 saturated heterocycles. The molecule has 0 aromatic carbocycles. The predicted octanol–water partition coefficient (Wildman–Crippen LogP) is 3.31. The molecule has 0 saturated carbocycles. The van der Waals surface area contributed by atoms with Gasteiger partial charge in [-0.05, 0) is 6.42 Å². The lowest BCUT2D eigenvalue weighted by molar-refractivity contribution is 0.570. The van der Waals surface area contributed by atoms with Crippen LogP contribution in [0.25, 0.3) is 0 Å². The number of rotatable bonds is 6. The minimum absolute atomic E-state index is 0. The van der Waals surface area contributed by atoms with Crippen LogP contribution in [0.3, 0.4) is 0 Å². The predicted molar refractivity (Wildman–Crippen MR) is 99.3 cm³/mol. The van der Waals surface area contributed by atoms with Gasteiger partial charge in [0, 0.05) is 30.3 Å². The fourth-order valence-electron chi connectivity index (χ4n) is 1.48. The Morgan fingerprint density at radius 1 is 1.45 bits per heavy atom. The molecule has 1 aromatic heterocycles. The third-order valence-corrected chi connectivity index (χ3v) is 3.67. The highest BCUT2D eigenvalue weighted by atomic mass is 127. The molecule has 0 amide bonds. The van der Waals surface area contributed by atoms with E-state index in [9.17, 15) is 0 Å². The quantitative estimate of drug-likeness (QED) is 0.327. The molecule has 6 heteroatoms. The van der Waals surface area contributed by atoms with E-state index in [1.165, 1.54) is 0 Å². The number of thiazole rings is 1. The lowest BCUT2D eigenvalue weighted by atomic mass is 9.93. The molecule has 1 rings (SSSR count). The number of aliphatic imine (C=N–C) groups is 1. The molecule has 0 unspecified atom stereocenters. The van der Waals surface area contributed by atoms with Crippen LogP contribution in [-0.4, -0.2) is 24.0 Å². The molecule has 0 aliphatic heterocycles. The maximum Gasteiger partial charge on any atom is 0.188 e. The third-order valence-electron chi connectivity index (χ3n) is 2.76. The molecule has 0 atom stereocenters. The van der Waals surface area contributed by atoms with Gasteiger partial charge in [-0.15, -0.1) is 35.3 Å². The van der Waals surface area contributed by atoms with Crippen LogP contribution in [0, 0.1) is 0 Å². The second-order valence-corrected chi connectivity index (χ2v) is 6.62. The van der Waals surface area contributed by atoms with Crippen molar-refractivity contribution in [3.05, 3.63) is 16.1 Å². The summed E-state index contributed by atoms with van der Waals surface area (Å²) in [7, 11) is 0. The molecule has 0 spiro atoms. The van der Waals surface area contributed by atoms with E-state index in [0.717, 1.165) is 43.1 Å². The monoisotopic (exact) mass is 410 g/mol. The van der Waals surface area contributed by atoms with Crippen LogP contribution in [0.4, 0.5) is 0 Å². The summed E-state index contributed by atoms with van der Waals surface area (Å²) in [5.41, 5.74) is 7.07. The molecule has 1 aromatic rings. The Morgan fingerprint density at radius 2 is 2.15 bits per heavy atom. The highest BCUT2D eigenvalue weighted by molar-refractivity contribution is 14.0. The normalized spacial score (nSPS) is 12.1. The van der Waals surface area contributed by atoms with Gasteiger partial charge in [0.2, 0.25) is 0 Å². The van der Waals surface area contributed by atoms with Gasteiger partial charge >= 0.3 is 0 Å². The maximum atomic E-state index is 5.77. The van der Waals surface area contributed by atoms with Gasteiger partial charge in [-0.25, -0.2) is 4.98 Å². The Bertz CT molecular complexity index is 410. The van der Waals surface area contributed by atoms with Crippen LogP contribution < -0.4 is 11.1 Å². The first kappa shape index (κ1) is 19.6. The third kappa shape index (κ3) is 7.42. The average molecular weight is 410 g/mol. The van der Waals surface area contributed by atoms with Crippen molar-refractivity contribution in [3.63, 3.8) is 0 Å². The van der Waals surface area contributed by atoms with E-state index in [1.807, 2.05) is 0 Å². The summed E-state index contributed by atoms with van der Waals surface area (Å²) in [5, 5.41) is 6.43. The lowest BCUT2D eigenvalue weighted by Gasteiger charge is -2.14. The SMILES string of the molecule is CCCCN=C(N)NCCc1nc(C(C)(C)C)cs1.I. The molecule has 20 heavy (non-hydrogen) atoms. The van der Waals surface area contributed by atoms with Crippen LogP contribution in [0.1, 0.15) is 51.2 Å². The van der Waals surface area contributed by atoms with E-state index < -0.39 is 0 Å². The summed E-state index contributed by atoms with van der Waals surface area (Å²) in [6, 6.07) is 0. The molecule has 0 aliphatic rings. The van der Waals surface area contributed by atoms with Crippen molar-refractivity contribution in [1.82, 2.24) is 10.3 Å². The summed E-state index contributed by atoms with van der Waals surface area (Å²) in [6.07, 6.45) is 3.13. The fourth-order valence-corrected chi connectivity index (χ4v) is 2.51. The van der Waals surface area contributed by atoms with Gasteiger partial charge in [0.05, 0.1) is 10.7 Å². The van der Waals surface area contributed by atoms with Crippen molar-refractivity contribution in [1.29, 1.82) is 0 Å². The van der Waals surface area contributed by atoms with Crippen molar-refractivity contribution in [3.8, 4) is 0 Å². The van der Waals surface area contributed by atoms with Crippen molar-refractivity contribution >= 4 is 41.3 Å². The summed E-state index contributed by atoms with van der Waals surface area (Å²) < 4.78 is 0. The molecule has 1 heterocycles. The van der Waals surface area contributed by atoms with Crippen LogP contribution in [0.5, 0.6) is 0 Å². The minimum atomic E-state index is 0. The number of halogens is 1. The van der Waals surface area contributed by atoms with Crippen LogP contribution in [0.15, 0.2) is 10.4 Å². The number of nitrogens with two attached hydrogens (primary N) is 1. The van der Waals surface area contributed by atoms with E-state index in [-0.39, 0.29) is 29.4 Å². The van der Waals surface area contributed by atoms with Gasteiger partial charge < -0.3 is 11.1 Å². The Hall–Kier alpha value is -0.370. The van der Waals surface area contributed by atoms with Gasteiger partial charge in [0.1, 0.15) is 0 Å². The first-order valence-corrected chi connectivity index (χ1v) is 7.80. The summed E-state index contributed by atoms with van der Waals surface area (Å²) in [4.78, 5) is 8.91. The van der Waals surface area contributed by atoms with Gasteiger partial charge in [-0.1, -0.05) is 34.1 Å². The average Bonchev–Trinajstić information content (AvgIpc) is 2.78.